The second kappa shape index (κ2) is 8.29. The van der Waals surface area contributed by atoms with Crippen molar-refractivity contribution in [3.8, 4) is 0 Å². The first kappa shape index (κ1) is 15.2. The molecule has 0 aliphatic heterocycles. The largest absolute Gasteiger partial charge is 0.481 e. The Bertz CT molecular complexity index is 390. The van der Waals surface area contributed by atoms with Gasteiger partial charge in [0.1, 0.15) is 0 Å². The Morgan fingerprint density at radius 2 is 2.16 bits per heavy atom. The first-order valence-electron chi connectivity index (χ1n) is 6.52. The molecule has 1 unspecified atom stereocenters. The molecule has 0 bridgehead atoms. The standard InChI is InChI=1S/C13H21N3O3/c1-11(2-3-13(18)19)4-6-15-12(17)5-8-16-9-7-14-10-16/h7,9-11H,2-6,8H2,1H3,(H,15,17)(H,18,19). The van der Waals surface area contributed by atoms with Crippen LogP contribution in [-0.2, 0) is 16.1 Å². The highest BCUT2D eigenvalue weighted by atomic mass is 16.4. The van der Waals surface area contributed by atoms with Crippen molar-refractivity contribution in [1.29, 1.82) is 0 Å². The predicted octanol–water partition coefficient (Wildman–Crippen LogP) is 1.28. The van der Waals surface area contributed by atoms with Gasteiger partial charge in [-0.15, -0.1) is 0 Å². The van der Waals surface area contributed by atoms with E-state index in [0.29, 0.717) is 31.8 Å². The van der Waals surface area contributed by atoms with E-state index in [9.17, 15) is 9.59 Å². The number of carbonyl (C=O) groups is 2. The summed E-state index contributed by atoms with van der Waals surface area (Å²) in [5.41, 5.74) is 0. The zero-order valence-corrected chi connectivity index (χ0v) is 11.2. The third kappa shape index (κ3) is 7.23. The van der Waals surface area contributed by atoms with Crippen LogP contribution in [0.25, 0.3) is 0 Å². The van der Waals surface area contributed by atoms with Crippen molar-refractivity contribution in [3.63, 3.8) is 0 Å². The van der Waals surface area contributed by atoms with Crippen LogP contribution in [0.2, 0.25) is 0 Å². The molecule has 0 saturated heterocycles. The third-order valence-electron chi connectivity index (χ3n) is 2.97. The number of carboxylic acid groups (broad SMARTS) is 1. The van der Waals surface area contributed by atoms with Crippen molar-refractivity contribution in [3.05, 3.63) is 18.7 Å². The fourth-order valence-electron chi connectivity index (χ4n) is 1.71. The summed E-state index contributed by atoms with van der Waals surface area (Å²) >= 11 is 0. The number of carbonyl (C=O) groups excluding carboxylic acids is 1. The second-order valence-electron chi connectivity index (χ2n) is 4.73. The quantitative estimate of drug-likeness (QED) is 0.706. The van der Waals surface area contributed by atoms with Gasteiger partial charge < -0.3 is 15.0 Å². The first-order valence-corrected chi connectivity index (χ1v) is 6.52. The second-order valence-corrected chi connectivity index (χ2v) is 4.73. The number of aromatic nitrogens is 2. The Kier molecular flexibility index (Phi) is 6.63. The van der Waals surface area contributed by atoms with Crippen LogP contribution in [-0.4, -0.2) is 33.1 Å². The Morgan fingerprint density at radius 3 is 2.79 bits per heavy atom. The van der Waals surface area contributed by atoms with E-state index in [4.69, 9.17) is 5.11 Å². The van der Waals surface area contributed by atoms with E-state index in [1.165, 1.54) is 0 Å². The molecule has 1 aromatic rings. The van der Waals surface area contributed by atoms with Crippen molar-refractivity contribution in [2.24, 2.45) is 5.92 Å². The van der Waals surface area contributed by atoms with Gasteiger partial charge in [0.15, 0.2) is 0 Å². The lowest BCUT2D eigenvalue weighted by Gasteiger charge is -2.10. The molecule has 1 rings (SSSR count). The molecule has 0 saturated carbocycles. The van der Waals surface area contributed by atoms with Gasteiger partial charge in [0.05, 0.1) is 6.33 Å². The highest BCUT2D eigenvalue weighted by Crippen LogP contribution is 2.09. The van der Waals surface area contributed by atoms with Gasteiger partial charge in [0, 0.05) is 38.3 Å². The molecule has 2 N–H and O–H groups in total. The number of nitrogens with zero attached hydrogens (tertiary/aromatic N) is 2. The third-order valence-corrected chi connectivity index (χ3v) is 2.97. The van der Waals surface area contributed by atoms with E-state index in [1.807, 2.05) is 17.7 Å². The Labute approximate surface area is 112 Å². The minimum absolute atomic E-state index is 0.0131. The highest BCUT2D eigenvalue weighted by Gasteiger charge is 2.06. The van der Waals surface area contributed by atoms with Gasteiger partial charge in [-0.3, -0.25) is 9.59 Å². The summed E-state index contributed by atoms with van der Waals surface area (Å²) in [5, 5.41) is 11.4. The molecule has 0 aliphatic rings. The fourth-order valence-corrected chi connectivity index (χ4v) is 1.71. The van der Waals surface area contributed by atoms with Crippen molar-refractivity contribution < 1.29 is 14.7 Å². The fraction of sp³-hybridized carbons (Fsp3) is 0.615. The van der Waals surface area contributed by atoms with Crippen LogP contribution < -0.4 is 5.32 Å². The molecule has 6 heteroatoms. The molecule has 0 radical (unpaired) electrons. The number of aryl methyl sites for hydroxylation is 1. The lowest BCUT2D eigenvalue weighted by molar-refractivity contribution is -0.137. The smallest absolute Gasteiger partial charge is 0.303 e. The molecule has 1 atom stereocenters. The van der Waals surface area contributed by atoms with Crippen LogP contribution >= 0.6 is 0 Å². The van der Waals surface area contributed by atoms with E-state index in [0.717, 1.165) is 6.42 Å². The van der Waals surface area contributed by atoms with Crippen LogP contribution in [0.4, 0.5) is 0 Å². The molecule has 0 spiro atoms. The normalized spacial score (nSPS) is 12.1. The van der Waals surface area contributed by atoms with Gasteiger partial charge in [0.25, 0.3) is 0 Å². The van der Waals surface area contributed by atoms with Crippen molar-refractivity contribution in [1.82, 2.24) is 14.9 Å². The number of nitrogens with one attached hydrogen (secondary N) is 1. The molecule has 1 aromatic heterocycles. The van der Waals surface area contributed by atoms with Crippen molar-refractivity contribution in [2.45, 2.75) is 39.2 Å². The number of hydrogen-bond donors (Lipinski definition) is 2. The van der Waals surface area contributed by atoms with E-state index < -0.39 is 5.97 Å². The maximum Gasteiger partial charge on any atom is 0.303 e. The molecule has 0 fully saturated rings. The Morgan fingerprint density at radius 1 is 1.37 bits per heavy atom. The molecule has 6 nitrogen and oxygen atoms in total. The average molecular weight is 267 g/mol. The highest BCUT2D eigenvalue weighted by molar-refractivity contribution is 5.75. The van der Waals surface area contributed by atoms with Crippen LogP contribution in [0.3, 0.4) is 0 Å². The molecule has 1 amide bonds. The SMILES string of the molecule is CC(CCNC(=O)CCn1ccnc1)CCC(=O)O. The van der Waals surface area contributed by atoms with Gasteiger partial charge >= 0.3 is 5.97 Å². The maximum absolute atomic E-state index is 11.5. The molecule has 1 heterocycles. The van der Waals surface area contributed by atoms with E-state index in [2.05, 4.69) is 10.3 Å². The molecule has 0 aliphatic carbocycles. The van der Waals surface area contributed by atoms with Crippen molar-refractivity contribution >= 4 is 11.9 Å². The first-order chi connectivity index (χ1) is 9.08. The van der Waals surface area contributed by atoms with Gasteiger partial charge in [-0.05, 0) is 18.8 Å². The van der Waals surface area contributed by atoms with Gasteiger partial charge in [0.2, 0.25) is 5.91 Å². The summed E-state index contributed by atoms with van der Waals surface area (Å²) in [4.78, 5) is 25.9. The number of carboxylic acids is 1. The minimum Gasteiger partial charge on any atom is -0.481 e. The number of amides is 1. The molecular weight excluding hydrogens is 246 g/mol. The topological polar surface area (TPSA) is 84.2 Å². The van der Waals surface area contributed by atoms with Crippen LogP contribution in [0.1, 0.15) is 32.6 Å². The molecule has 19 heavy (non-hydrogen) atoms. The monoisotopic (exact) mass is 267 g/mol. The van der Waals surface area contributed by atoms with Gasteiger partial charge in [-0.25, -0.2) is 4.98 Å². The number of rotatable bonds is 9. The van der Waals surface area contributed by atoms with Crippen LogP contribution in [0.15, 0.2) is 18.7 Å². The van der Waals surface area contributed by atoms with Crippen LogP contribution in [0.5, 0.6) is 0 Å². The zero-order chi connectivity index (χ0) is 14.1. The maximum atomic E-state index is 11.5. The summed E-state index contributed by atoms with van der Waals surface area (Å²) in [6.45, 7) is 3.23. The molecular formula is C13H21N3O3. The molecule has 106 valence electrons. The number of aliphatic carboxylic acids is 1. The summed E-state index contributed by atoms with van der Waals surface area (Å²) in [7, 11) is 0. The van der Waals surface area contributed by atoms with E-state index >= 15 is 0 Å². The van der Waals surface area contributed by atoms with Crippen molar-refractivity contribution in [2.75, 3.05) is 6.54 Å². The zero-order valence-electron chi connectivity index (χ0n) is 11.2. The van der Waals surface area contributed by atoms with Gasteiger partial charge in [-0.2, -0.15) is 0 Å². The lowest BCUT2D eigenvalue weighted by Crippen LogP contribution is -2.26. The summed E-state index contributed by atoms with van der Waals surface area (Å²) in [5.74, 6) is -0.444. The summed E-state index contributed by atoms with van der Waals surface area (Å²) in [6.07, 6.45) is 7.27. The average Bonchev–Trinajstić information content (AvgIpc) is 2.87. The minimum atomic E-state index is -0.767. The number of hydrogen-bond acceptors (Lipinski definition) is 3. The van der Waals surface area contributed by atoms with E-state index in [-0.39, 0.29) is 12.3 Å². The number of imidazole rings is 1. The Balaban J connectivity index is 2.05. The summed E-state index contributed by atoms with van der Waals surface area (Å²) in [6, 6.07) is 0. The predicted molar refractivity (Wildman–Crippen MR) is 70.5 cm³/mol. The molecule has 0 aromatic carbocycles. The summed E-state index contributed by atoms with van der Waals surface area (Å²) < 4.78 is 1.86. The van der Waals surface area contributed by atoms with Gasteiger partial charge in [-0.1, -0.05) is 6.92 Å². The van der Waals surface area contributed by atoms with Crippen LogP contribution in [0, 0.1) is 5.92 Å². The Hall–Kier alpha value is -1.85. The lowest BCUT2D eigenvalue weighted by atomic mass is 10.0. The van der Waals surface area contributed by atoms with E-state index in [1.54, 1.807) is 12.5 Å².